The van der Waals surface area contributed by atoms with Gasteiger partial charge >= 0.3 is 5.97 Å². The molecule has 1 fully saturated rings. The predicted octanol–water partition coefficient (Wildman–Crippen LogP) is 4.80. The van der Waals surface area contributed by atoms with Crippen LogP contribution in [0.25, 0.3) is 0 Å². The van der Waals surface area contributed by atoms with E-state index in [4.69, 9.17) is 9.48 Å². The van der Waals surface area contributed by atoms with Crippen molar-refractivity contribution in [3.8, 4) is 0 Å². The van der Waals surface area contributed by atoms with Gasteiger partial charge in [0.1, 0.15) is 6.04 Å². The van der Waals surface area contributed by atoms with Crippen molar-refractivity contribution in [2.75, 3.05) is 7.11 Å². The number of rotatable bonds is 6. The summed E-state index contributed by atoms with van der Waals surface area (Å²) in [6.07, 6.45) is 0.353. The Hall–Kier alpha value is -4.28. The molecule has 0 bridgehead atoms. The Labute approximate surface area is 221 Å². The highest BCUT2D eigenvalue weighted by Crippen LogP contribution is 2.49. The number of methoxy groups -OCH3 is 1. The van der Waals surface area contributed by atoms with Crippen LogP contribution in [0.3, 0.4) is 0 Å². The average Bonchev–Trinajstić information content (AvgIpc) is 3.38. The van der Waals surface area contributed by atoms with Crippen molar-refractivity contribution in [1.82, 2.24) is 4.90 Å². The molecule has 0 aliphatic carbocycles. The Bertz CT molecular complexity index is 1420. The van der Waals surface area contributed by atoms with E-state index in [1.165, 1.54) is 7.11 Å². The molecule has 0 unspecified atom stereocenters. The summed E-state index contributed by atoms with van der Waals surface area (Å²) >= 11 is 0. The van der Waals surface area contributed by atoms with Gasteiger partial charge in [-0.2, -0.15) is 0 Å². The highest BCUT2D eigenvalue weighted by Gasteiger charge is 2.42. The summed E-state index contributed by atoms with van der Waals surface area (Å²) in [5, 5.41) is 3.10. The summed E-state index contributed by atoms with van der Waals surface area (Å²) in [7, 11) is -1.39. The van der Waals surface area contributed by atoms with E-state index in [9.17, 15) is 14.4 Å². The highest BCUT2D eigenvalue weighted by molar-refractivity contribution is 7.87. The van der Waals surface area contributed by atoms with Crippen molar-refractivity contribution in [2.45, 2.75) is 18.9 Å². The van der Waals surface area contributed by atoms with Crippen LogP contribution in [0.5, 0.6) is 0 Å². The largest absolute Gasteiger partial charge is 0.467 e. The van der Waals surface area contributed by atoms with E-state index in [2.05, 4.69) is 36.4 Å². The van der Waals surface area contributed by atoms with Crippen molar-refractivity contribution >= 4 is 46.4 Å². The molecule has 0 saturated carbocycles. The standard InChI is InChI=1S/C31H27N2O4P/c1-37-31(36)28-21-22-29(34)33(28)30(35)26-19-11-12-20-27(26)32-38(23-13-5-2-6-14-23,24-15-7-3-8-16-24)25-17-9-4-10-18-25/h2-20,28H,21-22H2,1H3/t28-/m0/s1. The molecule has 1 aliphatic heterocycles. The van der Waals surface area contributed by atoms with Gasteiger partial charge in [0, 0.05) is 22.3 Å². The van der Waals surface area contributed by atoms with Gasteiger partial charge in [-0.25, -0.2) is 4.79 Å². The average molecular weight is 523 g/mol. The number of benzene rings is 4. The van der Waals surface area contributed by atoms with Crippen molar-refractivity contribution in [3.63, 3.8) is 0 Å². The number of hydrogen-bond donors (Lipinski definition) is 0. The molecule has 2 amide bonds. The van der Waals surface area contributed by atoms with Crippen LogP contribution < -0.4 is 15.9 Å². The molecule has 1 aliphatic rings. The molecule has 1 heterocycles. The molecule has 4 aromatic carbocycles. The summed E-state index contributed by atoms with van der Waals surface area (Å²) in [4.78, 5) is 40.0. The maximum Gasteiger partial charge on any atom is 0.329 e. The van der Waals surface area contributed by atoms with Crippen LogP contribution >= 0.6 is 7.05 Å². The maximum atomic E-state index is 13.9. The zero-order valence-corrected chi connectivity index (χ0v) is 21.8. The molecule has 1 saturated heterocycles. The molecule has 0 spiro atoms. The Kier molecular flexibility index (Phi) is 7.34. The number of likely N-dealkylation sites (tertiary alicyclic amines) is 1. The first-order valence-corrected chi connectivity index (χ1v) is 14.1. The highest BCUT2D eigenvalue weighted by atomic mass is 31.2. The molecule has 0 N–H and O–H groups in total. The van der Waals surface area contributed by atoms with E-state index in [-0.39, 0.29) is 18.4 Å². The maximum absolute atomic E-state index is 13.9. The van der Waals surface area contributed by atoms with Gasteiger partial charge in [-0.05, 0) is 18.6 Å². The summed E-state index contributed by atoms with van der Waals surface area (Å²) in [5.74, 6) is -1.54. The summed E-state index contributed by atoms with van der Waals surface area (Å²) in [5.41, 5.74) is 0.731. The topological polar surface area (TPSA) is 76.0 Å². The van der Waals surface area contributed by atoms with E-state index in [0.29, 0.717) is 5.69 Å². The van der Waals surface area contributed by atoms with Gasteiger partial charge in [-0.3, -0.25) is 19.2 Å². The number of carbonyl (C=O) groups is 3. The molecular formula is C31H27N2O4P. The number of amides is 2. The Balaban J connectivity index is 1.78. The van der Waals surface area contributed by atoms with Crippen molar-refractivity contribution < 1.29 is 19.1 Å². The van der Waals surface area contributed by atoms with Gasteiger partial charge in [-0.15, -0.1) is 0 Å². The zero-order valence-electron chi connectivity index (χ0n) is 20.9. The van der Waals surface area contributed by atoms with Gasteiger partial charge in [0.25, 0.3) is 5.91 Å². The lowest BCUT2D eigenvalue weighted by Crippen LogP contribution is -2.43. The number of imide groups is 1. The number of carbonyl (C=O) groups excluding carboxylic acids is 3. The first kappa shape index (κ1) is 25.4. The van der Waals surface area contributed by atoms with E-state index in [1.54, 1.807) is 18.2 Å². The van der Waals surface area contributed by atoms with Crippen LogP contribution in [0, 0.1) is 0 Å². The van der Waals surface area contributed by atoms with E-state index >= 15 is 0 Å². The molecule has 4 aromatic rings. The van der Waals surface area contributed by atoms with Crippen LogP contribution in [0.1, 0.15) is 23.2 Å². The summed E-state index contributed by atoms with van der Waals surface area (Å²) < 4.78 is 10.3. The smallest absolute Gasteiger partial charge is 0.329 e. The fourth-order valence-electron chi connectivity index (χ4n) is 4.88. The lowest BCUT2D eigenvalue weighted by atomic mass is 10.1. The SMILES string of the molecule is COC(=O)[C@@H]1CCC(=O)N1C(=O)c1ccccc1N=P(c1ccccc1)(c1ccccc1)c1ccccc1. The third kappa shape index (κ3) is 4.59. The monoisotopic (exact) mass is 522 g/mol. The van der Waals surface area contributed by atoms with Crippen molar-refractivity contribution in [2.24, 2.45) is 4.74 Å². The number of esters is 1. The van der Waals surface area contributed by atoms with E-state index in [1.807, 2.05) is 60.7 Å². The van der Waals surface area contributed by atoms with Crippen LogP contribution in [-0.4, -0.2) is 35.8 Å². The number of nitrogens with zero attached hydrogens (tertiary/aromatic N) is 2. The van der Waals surface area contributed by atoms with Gasteiger partial charge in [0.15, 0.2) is 0 Å². The van der Waals surface area contributed by atoms with Gasteiger partial charge in [-0.1, -0.05) is 103 Å². The normalized spacial score (nSPS) is 15.2. The lowest BCUT2D eigenvalue weighted by molar-refractivity contribution is -0.147. The zero-order chi connectivity index (χ0) is 26.5. The third-order valence-electron chi connectivity index (χ3n) is 6.69. The number of hydrogen-bond acceptors (Lipinski definition) is 5. The van der Waals surface area contributed by atoms with Gasteiger partial charge < -0.3 is 4.74 Å². The van der Waals surface area contributed by atoms with Gasteiger partial charge in [0.05, 0.1) is 25.4 Å². The first-order valence-electron chi connectivity index (χ1n) is 12.4. The molecule has 5 rings (SSSR count). The Morgan fingerprint density at radius 2 is 1.24 bits per heavy atom. The fourth-order valence-corrected chi connectivity index (χ4v) is 8.43. The Morgan fingerprint density at radius 3 is 1.74 bits per heavy atom. The second-order valence-electron chi connectivity index (χ2n) is 8.91. The third-order valence-corrected chi connectivity index (χ3v) is 10.3. The first-order chi connectivity index (χ1) is 18.6. The predicted molar refractivity (Wildman–Crippen MR) is 150 cm³/mol. The minimum atomic E-state index is -2.65. The molecular weight excluding hydrogens is 495 g/mol. The molecule has 190 valence electrons. The quantitative estimate of drug-likeness (QED) is 0.207. The van der Waals surface area contributed by atoms with Crippen LogP contribution in [-0.2, 0) is 14.3 Å². The minimum absolute atomic E-state index is 0.111. The number of ether oxygens (including phenoxy) is 1. The van der Waals surface area contributed by atoms with E-state index < -0.39 is 30.9 Å². The molecule has 38 heavy (non-hydrogen) atoms. The molecule has 1 atom stereocenters. The minimum Gasteiger partial charge on any atom is -0.467 e. The second-order valence-corrected chi connectivity index (χ2v) is 11.9. The van der Waals surface area contributed by atoms with Crippen molar-refractivity contribution in [3.05, 3.63) is 121 Å². The van der Waals surface area contributed by atoms with Crippen LogP contribution in [0.15, 0.2) is 120 Å². The molecule has 6 nitrogen and oxygen atoms in total. The van der Waals surface area contributed by atoms with E-state index in [0.717, 1.165) is 20.8 Å². The molecule has 0 aromatic heterocycles. The van der Waals surface area contributed by atoms with Crippen LogP contribution in [0.4, 0.5) is 5.69 Å². The van der Waals surface area contributed by atoms with Gasteiger partial charge in [0.2, 0.25) is 5.91 Å². The molecule has 7 heteroatoms. The Morgan fingerprint density at radius 1 is 0.763 bits per heavy atom. The molecule has 0 radical (unpaired) electrons. The summed E-state index contributed by atoms with van der Waals surface area (Å²) in [6, 6.07) is 36.4. The second kappa shape index (κ2) is 11.0. The summed E-state index contributed by atoms with van der Waals surface area (Å²) in [6.45, 7) is 0. The lowest BCUT2D eigenvalue weighted by Gasteiger charge is -2.28. The fraction of sp³-hybridized carbons (Fsp3) is 0.129. The van der Waals surface area contributed by atoms with Crippen LogP contribution in [0.2, 0.25) is 0 Å². The van der Waals surface area contributed by atoms with Crippen molar-refractivity contribution in [1.29, 1.82) is 0 Å².